The summed E-state index contributed by atoms with van der Waals surface area (Å²) < 4.78 is 1.09. The molecular weight excluding hydrogens is 368 g/mol. The molecular formula is C22H20N4OS. The fraction of sp³-hybridized carbons (Fsp3) is 0.227. The molecule has 28 heavy (non-hydrogen) atoms. The monoisotopic (exact) mass is 388 g/mol. The summed E-state index contributed by atoms with van der Waals surface area (Å²) >= 11 is 1.53. The van der Waals surface area contributed by atoms with Crippen LogP contribution in [-0.4, -0.2) is 28.5 Å². The summed E-state index contributed by atoms with van der Waals surface area (Å²) in [4.78, 5) is 22.8. The highest BCUT2D eigenvalue weighted by Crippen LogP contribution is 2.41. The average Bonchev–Trinajstić information content (AvgIpc) is 2.98. The molecule has 1 amide bonds. The molecule has 1 aromatic carbocycles. The van der Waals surface area contributed by atoms with Gasteiger partial charge in [-0.15, -0.1) is 11.3 Å². The van der Waals surface area contributed by atoms with Crippen LogP contribution in [0.25, 0.3) is 32.2 Å². The van der Waals surface area contributed by atoms with E-state index in [1.54, 1.807) is 0 Å². The molecule has 1 atom stereocenters. The lowest BCUT2D eigenvalue weighted by Crippen LogP contribution is -2.34. The molecule has 0 aliphatic carbocycles. The number of hydrogen-bond donors (Lipinski definition) is 2. The molecule has 1 aliphatic rings. The van der Waals surface area contributed by atoms with Crippen LogP contribution in [0.3, 0.4) is 0 Å². The standard InChI is InChI=1S/C22H20N4OS/c1-11-4-5-14(13(3)24-11)16-7-6-15-17(26-16)8-9-18-19(15)20-21(28-18)22(27)25-12(2)10-23-20/h4-9,12,23H,10H2,1-3H3,(H,25,27)/t12-/m1/s1. The van der Waals surface area contributed by atoms with E-state index in [-0.39, 0.29) is 11.9 Å². The Bertz CT molecular complexity index is 1260. The van der Waals surface area contributed by atoms with E-state index in [0.717, 1.165) is 54.2 Å². The number of thiophene rings is 1. The summed E-state index contributed by atoms with van der Waals surface area (Å²) in [6, 6.07) is 12.4. The number of nitrogens with zero attached hydrogens (tertiary/aromatic N) is 2. The largest absolute Gasteiger partial charge is 0.381 e. The van der Waals surface area contributed by atoms with Gasteiger partial charge in [-0.25, -0.2) is 4.98 Å². The molecule has 0 bridgehead atoms. The number of anilines is 1. The normalized spacial score (nSPS) is 16.5. The Morgan fingerprint density at radius 3 is 2.75 bits per heavy atom. The molecule has 5 rings (SSSR count). The molecule has 0 radical (unpaired) electrons. The van der Waals surface area contributed by atoms with Crippen molar-refractivity contribution in [1.29, 1.82) is 0 Å². The third-order valence-electron chi connectivity index (χ3n) is 5.19. The molecule has 0 spiro atoms. The molecule has 1 aliphatic heterocycles. The summed E-state index contributed by atoms with van der Waals surface area (Å²) in [5.41, 5.74) is 5.79. The number of benzene rings is 1. The van der Waals surface area contributed by atoms with Crippen LogP contribution < -0.4 is 10.6 Å². The van der Waals surface area contributed by atoms with Crippen LogP contribution in [0.15, 0.2) is 36.4 Å². The van der Waals surface area contributed by atoms with Gasteiger partial charge in [0.15, 0.2) is 0 Å². The van der Waals surface area contributed by atoms with Gasteiger partial charge in [0.2, 0.25) is 0 Å². The van der Waals surface area contributed by atoms with Crippen LogP contribution in [0.5, 0.6) is 0 Å². The van der Waals surface area contributed by atoms with Crippen molar-refractivity contribution in [3.05, 3.63) is 52.7 Å². The number of pyridine rings is 2. The van der Waals surface area contributed by atoms with Gasteiger partial charge in [-0.2, -0.15) is 0 Å². The number of fused-ring (bicyclic) bond motifs is 5. The molecule has 4 aromatic rings. The van der Waals surface area contributed by atoms with Gasteiger partial charge < -0.3 is 10.6 Å². The van der Waals surface area contributed by atoms with Crippen molar-refractivity contribution < 1.29 is 4.79 Å². The highest BCUT2D eigenvalue weighted by Gasteiger charge is 2.24. The minimum Gasteiger partial charge on any atom is -0.381 e. The van der Waals surface area contributed by atoms with Gasteiger partial charge in [0.25, 0.3) is 5.91 Å². The molecule has 2 N–H and O–H groups in total. The number of carbonyl (C=O) groups excluding carboxylic acids is 1. The first-order valence-corrected chi connectivity index (χ1v) is 10.2. The Kier molecular flexibility index (Phi) is 3.84. The molecule has 0 saturated carbocycles. The lowest BCUT2D eigenvalue weighted by molar-refractivity contribution is 0.0949. The van der Waals surface area contributed by atoms with Crippen molar-refractivity contribution in [3.8, 4) is 11.3 Å². The first kappa shape index (κ1) is 17.1. The van der Waals surface area contributed by atoms with E-state index < -0.39 is 0 Å². The number of amides is 1. The fourth-order valence-electron chi connectivity index (χ4n) is 3.83. The number of hydrogen-bond acceptors (Lipinski definition) is 5. The van der Waals surface area contributed by atoms with Crippen molar-refractivity contribution in [2.24, 2.45) is 0 Å². The zero-order valence-corrected chi connectivity index (χ0v) is 16.8. The second kappa shape index (κ2) is 6.27. The van der Waals surface area contributed by atoms with E-state index in [9.17, 15) is 4.79 Å². The Hall–Kier alpha value is -2.99. The summed E-state index contributed by atoms with van der Waals surface area (Å²) in [7, 11) is 0. The predicted molar refractivity (Wildman–Crippen MR) is 115 cm³/mol. The van der Waals surface area contributed by atoms with E-state index in [2.05, 4.69) is 33.8 Å². The van der Waals surface area contributed by atoms with Gasteiger partial charge >= 0.3 is 0 Å². The quantitative estimate of drug-likeness (QED) is 0.497. The fourth-order valence-corrected chi connectivity index (χ4v) is 4.93. The van der Waals surface area contributed by atoms with E-state index >= 15 is 0 Å². The predicted octanol–water partition coefficient (Wildman–Crippen LogP) is 4.67. The van der Waals surface area contributed by atoms with Gasteiger partial charge in [0.05, 0.1) is 16.9 Å². The van der Waals surface area contributed by atoms with Crippen molar-refractivity contribution in [1.82, 2.24) is 15.3 Å². The van der Waals surface area contributed by atoms with E-state index in [1.807, 2.05) is 39.0 Å². The van der Waals surface area contributed by atoms with Gasteiger partial charge in [-0.1, -0.05) is 0 Å². The lowest BCUT2D eigenvalue weighted by atomic mass is 10.1. The summed E-state index contributed by atoms with van der Waals surface area (Å²) in [5, 5.41) is 8.65. The van der Waals surface area contributed by atoms with E-state index in [0.29, 0.717) is 6.54 Å². The number of carbonyl (C=O) groups is 1. The molecule has 5 nitrogen and oxygen atoms in total. The Morgan fingerprint density at radius 1 is 1.07 bits per heavy atom. The third kappa shape index (κ3) is 2.64. The highest BCUT2D eigenvalue weighted by molar-refractivity contribution is 7.21. The summed E-state index contributed by atoms with van der Waals surface area (Å²) in [5.74, 6) is -0.00668. The SMILES string of the molecule is Cc1ccc(-c2ccc3c(ccc4sc5c(c43)NC[C@@H](C)NC5=O)n2)c(C)n1. The molecule has 4 heterocycles. The number of aryl methyl sites for hydroxylation is 2. The summed E-state index contributed by atoms with van der Waals surface area (Å²) in [6.07, 6.45) is 0. The minimum atomic E-state index is -0.00668. The first-order valence-electron chi connectivity index (χ1n) is 9.37. The van der Waals surface area contributed by atoms with Crippen molar-refractivity contribution >= 4 is 43.9 Å². The van der Waals surface area contributed by atoms with Gasteiger partial charge in [0, 0.05) is 45.0 Å². The lowest BCUT2D eigenvalue weighted by Gasteiger charge is -2.10. The van der Waals surface area contributed by atoms with Gasteiger partial charge in [-0.3, -0.25) is 9.78 Å². The second-order valence-electron chi connectivity index (χ2n) is 7.35. The Balaban J connectivity index is 1.72. The smallest absolute Gasteiger partial charge is 0.263 e. The minimum absolute atomic E-state index is 0.00668. The number of nitrogens with one attached hydrogen (secondary N) is 2. The topological polar surface area (TPSA) is 66.9 Å². The van der Waals surface area contributed by atoms with Crippen molar-refractivity contribution in [2.45, 2.75) is 26.8 Å². The van der Waals surface area contributed by atoms with Crippen LogP contribution >= 0.6 is 11.3 Å². The van der Waals surface area contributed by atoms with Gasteiger partial charge in [0.1, 0.15) is 4.88 Å². The van der Waals surface area contributed by atoms with Crippen LogP contribution in [0, 0.1) is 13.8 Å². The molecule has 0 unspecified atom stereocenters. The van der Waals surface area contributed by atoms with Crippen molar-refractivity contribution in [3.63, 3.8) is 0 Å². The average molecular weight is 388 g/mol. The third-order valence-corrected chi connectivity index (χ3v) is 6.35. The highest BCUT2D eigenvalue weighted by atomic mass is 32.1. The Labute approximate surface area is 166 Å². The van der Waals surface area contributed by atoms with Crippen LogP contribution in [-0.2, 0) is 0 Å². The number of rotatable bonds is 1. The molecule has 6 heteroatoms. The zero-order valence-electron chi connectivity index (χ0n) is 16.0. The maximum atomic E-state index is 12.6. The zero-order chi connectivity index (χ0) is 19.4. The first-order chi connectivity index (χ1) is 13.5. The Morgan fingerprint density at radius 2 is 1.93 bits per heavy atom. The van der Waals surface area contributed by atoms with Crippen LogP contribution in [0.1, 0.15) is 28.0 Å². The van der Waals surface area contributed by atoms with E-state index in [1.165, 1.54) is 11.3 Å². The maximum absolute atomic E-state index is 12.6. The van der Waals surface area contributed by atoms with Crippen LogP contribution in [0.4, 0.5) is 5.69 Å². The second-order valence-corrected chi connectivity index (χ2v) is 8.40. The van der Waals surface area contributed by atoms with Gasteiger partial charge in [-0.05, 0) is 57.2 Å². The molecule has 140 valence electrons. The number of aromatic nitrogens is 2. The van der Waals surface area contributed by atoms with Crippen molar-refractivity contribution in [2.75, 3.05) is 11.9 Å². The summed E-state index contributed by atoms with van der Waals surface area (Å²) in [6.45, 7) is 6.72. The molecule has 3 aromatic heterocycles. The maximum Gasteiger partial charge on any atom is 0.263 e. The molecule has 0 fully saturated rings. The molecule has 0 saturated heterocycles. The van der Waals surface area contributed by atoms with Crippen LogP contribution in [0.2, 0.25) is 0 Å². The van der Waals surface area contributed by atoms with E-state index in [4.69, 9.17) is 4.98 Å².